The van der Waals surface area contributed by atoms with Gasteiger partial charge < -0.3 is 9.84 Å². The topological polar surface area (TPSA) is 66.8 Å². The van der Waals surface area contributed by atoms with Gasteiger partial charge in [0.1, 0.15) is 6.04 Å². The summed E-state index contributed by atoms with van der Waals surface area (Å²) >= 11 is 7.40. The maximum atomic E-state index is 12.2. The van der Waals surface area contributed by atoms with Crippen LogP contribution in [0.25, 0.3) is 0 Å². The van der Waals surface area contributed by atoms with Gasteiger partial charge in [0.2, 0.25) is 0 Å². The Bertz CT molecular complexity index is 724. The van der Waals surface area contributed by atoms with Crippen molar-refractivity contribution in [2.45, 2.75) is 23.9 Å². The van der Waals surface area contributed by atoms with Crippen LogP contribution in [0.4, 0.5) is 4.79 Å². The van der Waals surface area contributed by atoms with E-state index in [1.165, 1.54) is 18.9 Å². The van der Waals surface area contributed by atoms with Gasteiger partial charge in [-0.15, -0.1) is 11.8 Å². The van der Waals surface area contributed by atoms with E-state index in [2.05, 4.69) is 0 Å². The summed E-state index contributed by atoms with van der Waals surface area (Å²) in [6, 6.07) is 15.7. The van der Waals surface area contributed by atoms with Crippen molar-refractivity contribution in [2.75, 3.05) is 12.9 Å². The molecule has 2 aromatic carbocycles. The second-order valence-electron chi connectivity index (χ2n) is 5.53. The molecule has 1 N–H and O–H groups in total. The minimum Gasteiger partial charge on any atom is -0.467 e. The molecule has 2 aromatic rings. The first kappa shape index (κ1) is 20.1. The third-order valence-electron chi connectivity index (χ3n) is 3.76. The number of carbonyl (C=O) groups excluding carboxylic acids is 1. The van der Waals surface area contributed by atoms with Crippen LogP contribution in [0.15, 0.2) is 59.5 Å². The van der Waals surface area contributed by atoms with Crippen LogP contribution in [0, 0.1) is 0 Å². The molecule has 0 radical (unpaired) electrons. The molecule has 0 saturated carbocycles. The highest BCUT2D eigenvalue weighted by Crippen LogP contribution is 2.23. The Kier molecular flexibility index (Phi) is 7.81. The van der Waals surface area contributed by atoms with Crippen LogP contribution in [0.3, 0.4) is 0 Å². The smallest absolute Gasteiger partial charge is 0.408 e. The lowest BCUT2D eigenvalue weighted by molar-refractivity contribution is -0.146. The Balaban J connectivity index is 2.06. The van der Waals surface area contributed by atoms with E-state index < -0.39 is 18.1 Å². The van der Waals surface area contributed by atoms with Crippen molar-refractivity contribution in [3.05, 3.63) is 65.2 Å². The molecule has 5 nitrogen and oxygen atoms in total. The lowest BCUT2D eigenvalue weighted by Crippen LogP contribution is -2.44. The maximum absolute atomic E-state index is 12.2. The van der Waals surface area contributed by atoms with Crippen molar-refractivity contribution in [3.63, 3.8) is 0 Å². The second-order valence-corrected chi connectivity index (χ2v) is 7.13. The number of nitrogens with zero attached hydrogens (tertiary/aromatic N) is 1. The third kappa shape index (κ3) is 5.97. The molecule has 0 heterocycles. The van der Waals surface area contributed by atoms with E-state index in [0.29, 0.717) is 17.2 Å². The molecule has 26 heavy (non-hydrogen) atoms. The molecule has 0 aromatic heterocycles. The molecule has 0 saturated heterocycles. The first-order valence-corrected chi connectivity index (χ1v) is 9.37. The molecule has 0 fully saturated rings. The molecule has 138 valence electrons. The number of carboxylic acid groups (broad SMARTS) is 1. The van der Waals surface area contributed by atoms with E-state index in [0.717, 1.165) is 15.4 Å². The number of amides is 1. The monoisotopic (exact) mass is 393 g/mol. The van der Waals surface area contributed by atoms with E-state index in [9.17, 15) is 14.7 Å². The van der Waals surface area contributed by atoms with Crippen LogP contribution in [0.1, 0.15) is 12.0 Å². The first-order chi connectivity index (χ1) is 12.5. The fourth-order valence-electron chi connectivity index (χ4n) is 2.45. The van der Waals surface area contributed by atoms with Crippen LogP contribution in [0.5, 0.6) is 0 Å². The van der Waals surface area contributed by atoms with E-state index in [1.807, 2.05) is 42.5 Å². The van der Waals surface area contributed by atoms with Crippen LogP contribution in [-0.4, -0.2) is 41.0 Å². The predicted octanol–water partition coefficient (Wildman–Crippen LogP) is 4.54. The normalized spacial score (nSPS) is 11.6. The quantitative estimate of drug-likeness (QED) is 0.526. The molecule has 0 spiro atoms. The molecule has 0 aliphatic heterocycles. The average Bonchev–Trinajstić information content (AvgIpc) is 2.65. The maximum Gasteiger partial charge on any atom is 0.408 e. The van der Waals surface area contributed by atoms with Gasteiger partial charge in [-0.25, -0.2) is 9.59 Å². The number of methoxy groups -OCH3 is 1. The van der Waals surface area contributed by atoms with Gasteiger partial charge in [-0.3, -0.25) is 4.90 Å². The minimum atomic E-state index is -1.15. The number of hydrogen-bond acceptors (Lipinski definition) is 4. The first-order valence-electron chi connectivity index (χ1n) is 8.01. The molecule has 1 atom stereocenters. The summed E-state index contributed by atoms with van der Waals surface area (Å²) in [7, 11) is 1.27. The lowest BCUT2D eigenvalue weighted by atomic mass is 10.1. The van der Waals surface area contributed by atoms with E-state index >= 15 is 0 Å². The van der Waals surface area contributed by atoms with Crippen molar-refractivity contribution < 1.29 is 19.4 Å². The zero-order valence-electron chi connectivity index (χ0n) is 14.3. The molecule has 0 unspecified atom stereocenters. The van der Waals surface area contributed by atoms with Crippen LogP contribution >= 0.6 is 23.4 Å². The fourth-order valence-corrected chi connectivity index (χ4v) is 3.48. The number of thioether (sulfide) groups is 1. The SMILES string of the molecule is COC(=O)[C@H](CCSc1ccc(Cl)cc1)N(Cc1ccccc1)C(=O)O. The molecular weight excluding hydrogens is 374 g/mol. The summed E-state index contributed by atoms with van der Waals surface area (Å²) in [4.78, 5) is 26.0. The highest BCUT2D eigenvalue weighted by molar-refractivity contribution is 7.99. The highest BCUT2D eigenvalue weighted by atomic mass is 35.5. The number of carbonyl (C=O) groups is 2. The van der Waals surface area contributed by atoms with Gasteiger partial charge in [0.25, 0.3) is 0 Å². The van der Waals surface area contributed by atoms with Gasteiger partial charge in [-0.2, -0.15) is 0 Å². The number of halogens is 1. The van der Waals surface area contributed by atoms with Crippen LogP contribution < -0.4 is 0 Å². The predicted molar refractivity (Wildman–Crippen MR) is 103 cm³/mol. The molecule has 0 aliphatic carbocycles. The van der Waals surface area contributed by atoms with Gasteiger partial charge in [0, 0.05) is 22.2 Å². The van der Waals surface area contributed by atoms with Crippen molar-refractivity contribution in [2.24, 2.45) is 0 Å². The van der Waals surface area contributed by atoms with E-state index in [-0.39, 0.29) is 6.54 Å². The molecule has 2 rings (SSSR count). The zero-order valence-corrected chi connectivity index (χ0v) is 15.9. The summed E-state index contributed by atoms with van der Waals surface area (Å²) in [5.74, 6) is 0.0139. The van der Waals surface area contributed by atoms with Crippen molar-refractivity contribution in [1.82, 2.24) is 4.90 Å². The molecule has 7 heteroatoms. The molecular formula is C19H20ClNO4S. The van der Waals surface area contributed by atoms with Crippen molar-refractivity contribution in [3.8, 4) is 0 Å². The summed E-state index contributed by atoms with van der Waals surface area (Å²) in [6.45, 7) is 0.127. The molecule has 1 amide bonds. The lowest BCUT2D eigenvalue weighted by Gasteiger charge is -2.27. The third-order valence-corrected chi connectivity index (χ3v) is 5.06. The molecule has 0 aliphatic rings. The Morgan fingerprint density at radius 2 is 1.81 bits per heavy atom. The van der Waals surface area contributed by atoms with Crippen molar-refractivity contribution in [1.29, 1.82) is 0 Å². The number of rotatable bonds is 8. The van der Waals surface area contributed by atoms with Crippen molar-refractivity contribution >= 4 is 35.4 Å². The van der Waals surface area contributed by atoms with E-state index in [4.69, 9.17) is 16.3 Å². The van der Waals surface area contributed by atoms with Gasteiger partial charge in [0.05, 0.1) is 7.11 Å². The number of esters is 1. The highest BCUT2D eigenvalue weighted by Gasteiger charge is 2.30. The number of hydrogen-bond donors (Lipinski definition) is 1. The molecule has 0 bridgehead atoms. The van der Waals surface area contributed by atoms with E-state index in [1.54, 1.807) is 12.1 Å². The fraction of sp³-hybridized carbons (Fsp3) is 0.263. The minimum absolute atomic E-state index is 0.127. The second kappa shape index (κ2) is 10.1. The Hall–Kier alpha value is -2.18. The summed E-state index contributed by atoms with van der Waals surface area (Å²) < 4.78 is 4.83. The average molecular weight is 394 g/mol. The van der Waals surface area contributed by atoms with Crippen LogP contribution in [0.2, 0.25) is 5.02 Å². The summed E-state index contributed by atoms with van der Waals surface area (Å²) in [6.07, 6.45) is -0.806. The number of benzene rings is 2. The Labute approximate surface area is 161 Å². The van der Waals surface area contributed by atoms with Gasteiger partial charge in [-0.1, -0.05) is 41.9 Å². The van der Waals surface area contributed by atoms with Gasteiger partial charge in [-0.05, 0) is 36.2 Å². The van der Waals surface area contributed by atoms with Crippen LogP contribution in [-0.2, 0) is 16.1 Å². The Morgan fingerprint density at radius 1 is 1.15 bits per heavy atom. The summed E-state index contributed by atoms with van der Waals surface area (Å²) in [5.41, 5.74) is 0.814. The number of ether oxygens (including phenoxy) is 1. The van der Waals surface area contributed by atoms with Gasteiger partial charge in [0.15, 0.2) is 0 Å². The zero-order chi connectivity index (χ0) is 18.9. The summed E-state index contributed by atoms with van der Waals surface area (Å²) in [5, 5.41) is 10.2. The standard InChI is InChI=1S/C19H20ClNO4S/c1-25-18(22)17(11-12-26-16-9-7-15(20)8-10-16)21(19(23)24)13-14-5-3-2-4-6-14/h2-10,17H,11-13H2,1H3,(H,23,24)/t17-/m0/s1. The van der Waals surface area contributed by atoms with Gasteiger partial charge >= 0.3 is 12.1 Å². The largest absolute Gasteiger partial charge is 0.467 e. The Morgan fingerprint density at radius 3 is 2.38 bits per heavy atom.